The van der Waals surface area contributed by atoms with Gasteiger partial charge in [0.2, 0.25) is 5.91 Å². The van der Waals surface area contributed by atoms with Crippen LogP contribution in [0, 0.1) is 0 Å². The molecule has 2 bridgehead atoms. The van der Waals surface area contributed by atoms with Crippen molar-refractivity contribution in [2.24, 2.45) is 0 Å². The minimum Gasteiger partial charge on any atom is -0.377 e. The summed E-state index contributed by atoms with van der Waals surface area (Å²) in [5.74, 6) is 0.113. The number of nitrogens with zero attached hydrogens (tertiary/aromatic N) is 2. The fourth-order valence-electron chi connectivity index (χ4n) is 3.27. The van der Waals surface area contributed by atoms with E-state index in [0.29, 0.717) is 19.6 Å². The van der Waals surface area contributed by atoms with E-state index in [2.05, 4.69) is 4.98 Å². The Balaban J connectivity index is 1.73. The summed E-state index contributed by atoms with van der Waals surface area (Å²) >= 11 is 0. The zero-order valence-corrected chi connectivity index (χ0v) is 11.7. The maximum Gasteiger partial charge on any atom is 0.229 e. The van der Waals surface area contributed by atoms with Crippen molar-refractivity contribution in [2.45, 2.75) is 37.5 Å². The molecule has 5 nitrogen and oxygen atoms in total. The van der Waals surface area contributed by atoms with Gasteiger partial charge in [-0.25, -0.2) is 0 Å². The second-order valence-corrected chi connectivity index (χ2v) is 5.34. The second kappa shape index (κ2) is 5.89. The zero-order valence-electron chi connectivity index (χ0n) is 11.7. The van der Waals surface area contributed by atoms with Crippen molar-refractivity contribution in [3.8, 4) is 0 Å². The molecule has 20 heavy (non-hydrogen) atoms. The fourth-order valence-corrected chi connectivity index (χ4v) is 3.27. The van der Waals surface area contributed by atoms with Gasteiger partial charge in [0.25, 0.3) is 0 Å². The molecule has 3 atom stereocenters. The van der Waals surface area contributed by atoms with Crippen LogP contribution in [0.5, 0.6) is 0 Å². The van der Waals surface area contributed by atoms with Crippen LogP contribution in [0.1, 0.15) is 18.5 Å². The lowest BCUT2D eigenvalue weighted by atomic mass is 10.1. The molecule has 1 aromatic heterocycles. The van der Waals surface area contributed by atoms with E-state index >= 15 is 0 Å². The largest absolute Gasteiger partial charge is 0.377 e. The maximum atomic E-state index is 12.5. The highest BCUT2D eigenvalue weighted by Crippen LogP contribution is 2.31. The molecule has 108 valence electrons. The Labute approximate surface area is 118 Å². The molecule has 2 fully saturated rings. The average Bonchev–Trinajstić information content (AvgIpc) is 2.75. The van der Waals surface area contributed by atoms with Gasteiger partial charge < -0.3 is 14.4 Å². The molecule has 5 heteroatoms. The van der Waals surface area contributed by atoms with E-state index in [9.17, 15) is 4.79 Å². The van der Waals surface area contributed by atoms with E-state index in [1.54, 1.807) is 13.3 Å². The first kappa shape index (κ1) is 13.5. The highest BCUT2D eigenvalue weighted by Gasteiger charge is 2.43. The van der Waals surface area contributed by atoms with Crippen molar-refractivity contribution in [2.75, 3.05) is 20.3 Å². The zero-order chi connectivity index (χ0) is 13.9. The molecule has 1 aliphatic carbocycles. The molecular formula is C15H20N2O3. The molecule has 3 rings (SSSR count). The van der Waals surface area contributed by atoms with E-state index < -0.39 is 0 Å². The lowest BCUT2D eigenvalue weighted by Gasteiger charge is -2.30. The van der Waals surface area contributed by atoms with Crippen LogP contribution < -0.4 is 0 Å². The third-order valence-electron chi connectivity index (χ3n) is 4.21. The monoisotopic (exact) mass is 276 g/mol. The Morgan fingerprint density at radius 1 is 1.50 bits per heavy atom. The van der Waals surface area contributed by atoms with Gasteiger partial charge in [-0.15, -0.1) is 0 Å². The number of pyridine rings is 1. The van der Waals surface area contributed by atoms with Crippen LogP contribution in [-0.4, -0.2) is 54.3 Å². The molecule has 2 aliphatic rings. The Hall–Kier alpha value is -1.46. The number of hydrogen-bond donors (Lipinski definition) is 0. The van der Waals surface area contributed by atoms with Gasteiger partial charge in [0.05, 0.1) is 25.2 Å². The predicted octanol–water partition coefficient (Wildman–Crippen LogP) is 1.03. The standard InChI is InChI=1S/C15H20N2O3/c1-19-15-12-5-6-13(15)20-9-8-17(12)14(18)10-11-4-2-3-7-16-11/h2-4,7,12-13,15H,5-6,8-10H2,1H3/t12-,13-,15-/m1/s1. The smallest absolute Gasteiger partial charge is 0.229 e. The molecule has 0 N–H and O–H groups in total. The molecule has 0 unspecified atom stereocenters. The molecule has 1 aromatic rings. The van der Waals surface area contributed by atoms with Crippen LogP contribution in [0.2, 0.25) is 0 Å². The average molecular weight is 276 g/mol. The number of carbonyl (C=O) groups is 1. The summed E-state index contributed by atoms with van der Waals surface area (Å²) < 4.78 is 11.3. The number of hydrogen-bond acceptors (Lipinski definition) is 4. The van der Waals surface area contributed by atoms with Crippen LogP contribution in [0.3, 0.4) is 0 Å². The summed E-state index contributed by atoms with van der Waals surface area (Å²) in [5.41, 5.74) is 0.811. The van der Waals surface area contributed by atoms with Gasteiger partial charge in [-0.2, -0.15) is 0 Å². The van der Waals surface area contributed by atoms with Gasteiger partial charge in [-0.3, -0.25) is 9.78 Å². The molecular weight excluding hydrogens is 256 g/mol. The van der Waals surface area contributed by atoms with E-state index in [1.165, 1.54) is 0 Å². The molecule has 0 aromatic carbocycles. The van der Waals surface area contributed by atoms with E-state index in [1.807, 2.05) is 23.1 Å². The number of fused-ring (bicyclic) bond motifs is 2. The van der Waals surface area contributed by atoms with Gasteiger partial charge in [-0.1, -0.05) is 6.07 Å². The summed E-state index contributed by atoms with van der Waals surface area (Å²) in [6.07, 6.45) is 4.13. The Bertz CT molecular complexity index is 465. The van der Waals surface area contributed by atoms with E-state index in [4.69, 9.17) is 9.47 Å². The number of methoxy groups -OCH3 is 1. The van der Waals surface area contributed by atoms with Crippen molar-refractivity contribution in [1.29, 1.82) is 0 Å². The van der Waals surface area contributed by atoms with Gasteiger partial charge in [0, 0.05) is 25.5 Å². The first-order valence-electron chi connectivity index (χ1n) is 7.13. The van der Waals surface area contributed by atoms with Gasteiger partial charge >= 0.3 is 0 Å². The van der Waals surface area contributed by atoms with Crippen LogP contribution in [0.25, 0.3) is 0 Å². The first-order valence-corrected chi connectivity index (χ1v) is 7.13. The first-order chi connectivity index (χ1) is 9.79. The van der Waals surface area contributed by atoms with Crippen molar-refractivity contribution >= 4 is 5.91 Å². The van der Waals surface area contributed by atoms with Crippen LogP contribution in [0.15, 0.2) is 24.4 Å². The van der Waals surface area contributed by atoms with Crippen molar-refractivity contribution in [3.63, 3.8) is 0 Å². The number of amides is 1. The number of rotatable bonds is 3. The summed E-state index contributed by atoms with van der Waals surface area (Å²) in [4.78, 5) is 18.7. The molecule has 1 saturated heterocycles. The topological polar surface area (TPSA) is 51.7 Å². The highest BCUT2D eigenvalue weighted by molar-refractivity contribution is 5.78. The van der Waals surface area contributed by atoms with Gasteiger partial charge in [0.15, 0.2) is 0 Å². The minimum atomic E-state index is 0.00480. The summed E-state index contributed by atoms with van der Waals surface area (Å²) in [7, 11) is 1.70. The number of aromatic nitrogens is 1. The lowest BCUT2D eigenvalue weighted by molar-refractivity contribution is -0.134. The Morgan fingerprint density at radius 2 is 2.40 bits per heavy atom. The maximum absolute atomic E-state index is 12.5. The minimum absolute atomic E-state index is 0.00480. The molecule has 1 saturated carbocycles. The van der Waals surface area contributed by atoms with Crippen molar-refractivity contribution < 1.29 is 14.3 Å². The molecule has 2 heterocycles. The number of ether oxygens (including phenoxy) is 2. The van der Waals surface area contributed by atoms with E-state index in [0.717, 1.165) is 18.5 Å². The second-order valence-electron chi connectivity index (χ2n) is 5.34. The Morgan fingerprint density at radius 3 is 3.15 bits per heavy atom. The van der Waals surface area contributed by atoms with Gasteiger partial charge in [0.1, 0.15) is 6.10 Å². The SMILES string of the molecule is CO[C@@H]1[C@H]2CC[C@H]1OCCN2C(=O)Cc1ccccn1. The quantitative estimate of drug-likeness (QED) is 0.827. The summed E-state index contributed by atoms with van der Waals surface area (Å²) in [5, 5.41) is 0. The number of carbonyl (C=O) groups excluding carboxylic acids is 1. The lowest BCUT2D eigenvalue weighted by Crippen LogP contribution is -2.46. The molecule has 1 aliphatic heterocycles. The van der Waals surface area contributed by atoms with Crippen LogP contribution >= 0.6 is 0 Å². The molecule has 1 amide bonds. The third kappa shape index (κ3) is 2.55. The van der Waals surface area contributed by atoms with E-state index in [-0.39, 0.29) is 24.2 Å². The molecule has 0 spiro atoms. The highest BCUT2D eigenvalue weighted by atomic mass is 16.5. The predicted molar refractivity (Wildman–Crippen MR) is 73.2 cm³/mol. The molecule has 0 radical (unpaired) electrons. The van der Waals surface area contributed by atoms with Crippen LogP contribution in [-0.2, 0) is 20.7 Å². The van der Waals surface area contributed by atoms with Crippen molar-refractivity contribution in [3.05, 3.63) is 30.1 Å². The fraction of sp³-hybridized carbons (Fsp3) is 0.600. The third-order valence-corrected chi connectivity index (χ3v) is 4.21. The van der Waals surface area contributed by atoms with Crippen LogP contribution in [0.4, 0.5) is 0 Å². The van der Waals surface area contributed by atoms with Crippen molar-refractivity contribution in [1.82, 2.24) is 9.88 Å². The Kier molecular flexibility index (Phi) is 3.98. The normalized spacial score (nSPS) is 29.2. The van der Waals surface area contributed by atoms with Gasteiger partial charge in [-0.05, 0) is 25.0 Å². The summed E-state index contributed by atoms with van der Waals surface area (Å²) in [6.45, 7) is 1.24. The summed E-state index contributed by atoms with van der Waals surface area (Å²) in [6, 6.07) is 5.79.